The van der Waals surface area contributed by atoms with Gasteiger partial charge in [-0.3, -0.25) is 15.6 Å². The molecule has 1 aromatic carbocycles. The van der Waals surface area contributed by atoms with Crippen molar-refractivity contribution in [2.45, 2.75) is 20.8 Å². The van der Waals surface area contributed by atoms with E-state index in [1.165, 1.54) is 24.4 Å². The topological polar surface area (TPSA) is 66.9 Å². The van der Waals surface area contributed by atoms with E-state index in [2.05, 4.69) is 58.2 Å². The average Bonchev–Trinajstić information content (AvgIpc) is 2.92. The first kappa shape index (κ1) is 14.5. The van der Waals surface area contributed by atoms with E-state index in [4.69, 9.17) is 0 Å². The lowest BCUT2D eigenvalue weighted by Gasteiger charge is -2.09. The van der Waals surface area contributed by atoms with Crippen LogP contribution >= 0.6 is 11.3 Å². The molecule has 0 radical (unpaired) electrons. The normalized spacial score (nSPS) is 10.7. The number of nitrogens with one attached hydrogen (secondary N) is 2. The van der Waals surface area contributed by atoms with Crippen LogP contribution in [0.3, 0.4) is 0 Å². The number of amides is 1. The van der Waals surface area contributed by atoms with E-state index in [1.807, 2.05) is 0 Å². The summed E-state index contributed by atoms with van der Waals surface area (Å²) in [6.07, 6.45) is 1.49. The SMILES string of the molecule is CC(=O)NNc1ncnc2scc(-c3ccc(C)c(C)c3)c12. The summed E-state index contributed by atoms with van der Waals surface area (Å²) in [6.45, 7) is 5.64. The number of hydrazine groups is 1. The van der Waals surface area contributed by atoms with Crippen LogP contribution in [0.4, 0.5) is 5.82 Å². The molecule has 0 bridgehead atoms. The zero-order valence-electron chi connectivity index (χ0n) is 12.6. The smallest absolute Gasteiger partial charge is 0.235 e. The van der Waals surface area contributed by atoms with Gasteiger partial charge in [0.05, 0.1) is 5.39 Å². The Labute approximate surface area is 132 Å². The highest BCUT2D eigenvalue weighted by Gasteiger charge is 2.13. The van der Waals surface area contributed by atoms with E-state index in [1.54, 1.807) is 11.3 Å². The summed E-state index contributed by atoms with van der Waals surface area (Å²) in [5.74, 6) is 0.435. The van der Waals surface area contributed by atoms with E-state index in [0.29, 0.717) is 5.82 Å². The van der Waals surface area contributed by atoms with Crippen LogP contribution in [0.5, 0.6) is 0 Å². The average molecular weight is 312 g/mol. The van der Waals surface area contributed by atoms with E-state index >= 15 is 0 Å². The number of carbonyl (C=O) groups is 1. The molecule has 2 N–H and O–H groups in total. The first-order valence-electron chi connectivity index (χ1n) is 6.88. The van der Waals surface area contributed by atoms with Crippen molar-refractivity contribution < 1.29 is 4.79 Å². The lowest BCUT2D eigenvalue weighted by atomic mass is 10.0. The van der Waals surface area contributed by atoms with Crippen LogP contribution in [0.15, 0.2) is 29.9 Å². The Morgan fingerprint density at radius 3 is 2.73 bits per heavy atom. The number of rotatable bonds is 3. The third kappa shape index (κ3) is 2.65. The van der Waals surface area contributed by atoms with Crippen LogP contribution in [-0.2, 0) is 4.79 Å². The molecule has 1 amide bonds. The van der Waals surface area contributed by atoms with Gasteiger partial charge in [0.15, 0.2) is 5.82 Å². The van der Waals surface area contributed by atoms with Crippen LogP contribution in [0.25, 0.3) is 21.3 Å². The Hall–Kier alpha value is -2.47. The lowest BCUT2D eigenvalue weighted by molar-refractivity contribution is -0.118. The molecule has 3 rings (SSSR count). The first-order valence-corrected chi connectivity index (χ1v) is 7.76. The molecular weight excluding hydrogens is 296 g/mol. The monoisotopic (exact) mass is 312 g/mol. The van der Waals surface area contributed by atoms with Gasteiger partial charge in [-0.25, -0.2) is 9.97 Å². The molecule has 112 valence electrons. The summed E-state index contributed by atoms with van der Waals surface area (Å²) in [6, 6.07) is 6.36. The second-order valence-corrected chi connectivity index (χ2v) is 6.02. The molecule has 2 heterocycles. The minimum Gasteiger partial charge on any atom is -0.281 e. The molecule has 0 aliphatic carbocycles. The Morgan fingerprint density at radius 2 is 2.00 bits per heavy atom. The lowest BCUT2D eigenvalue weighted by Crippen LogP contribution is -2.27. The number of aromatic nitrogens is 2. The maximum absolute atomic E-state index is 11.1. The van der Waals surface area contributed by atoms with Gasteiger partial charge in [-0.05, 0) is 30.5 Å². The van der Waals surface area contributed by atoms with Crippen molar-refractivity contribution in [1.82, 2.24) is 15.4 Å². The van der Waals surface area contributed by atoms with Gasteiger partial charge >= 0.3 is 0 Å². The van der Waals surface area contributed by atoms with Crippen LogP contribution in [0.2, 0.25) is 0 Å². The third-order valence-electron chi connectivity index (χ3n) is 3.55. The second kappa shape index (κ2) is 5.73. The van der Waals surface area contributed by atoms with Crippen LogP contribution in [0, 0.1) is 13.8 Å². The van der Waals surface area contributed by atoms with Crippen molar-refractivity contribution in [2.75, 3.05) is 5.43 Å². The standard InChI is InChI=1S/C16H16N4OS/c1-9-4-5-12(6-10(9)2)13-7-22-16-14(13)15(17-8-18-16)20-19-11(3)21/h4-8H,1-3H3,(H,19,21)(H,17,18,20). The number of carbonyl (C=O) groups excluding carboxylic acids is 1. The quantitative estimate of drug-likeness (QED) is 0.727. The molecule has 2 aromatic heterocycles. The molecule has 0 fully saturated rings. The summed E-state index contributed by atoms with van der Waals surface area (Å²) in [4.78, 5) is 20.6. The molecule has 0 aliphatic rings. The first-order chi connectivity index (χ1) is 10.6. The van der Waals surface area contributed by atoms with Gasteiger partial charge in [-0.15, -0.1) is 11.3 Å². The van der Waals surface area contributed by atoms with Crippen molar-refractivity contribution in [1.29, 1.82) is 0 Å². The predicted molar refractivity (Wildman–Crippen MR) is 89.8 cm³/mol. The molecule has 5 nitrogen and oxygen atoms in total. The van der Waals surface area contributed by atoms with Gasteiger partial charge in [-0.1, -0.05) is 18.2 Å². The third-order valence-corrected chi connectivity index (χ3v) is 4.43. The van der Waals surface area contributed by atoms with Crippen molar-refractivity contribution >= 4 is 33.3 Å². The van der Waals surface area contributed by atoms with Crippen molar-refractivity contribution in [3.63, 3.8) is 0 Å². The maximum atomic E-state index is 11.1. The highest BCUT2D eigenvalue weighted by molar-refractivity contribution is 7.17. The molecule has 6 heteroatoms. The highest BCUT2D eigenvalue weighted by Crippen LogP contribution is 2.36. The van der Waals surface area contributed by atoms with E-state index < -0.39 is 0 Å². The molecule has 0 spiro atoms. The number of thiophene rings is 1. The summed E-state index contributed by atoms with van der Waals surface area (Å²) in [7, 11) is 0. The fourth-order valence-corrected chi connectivity index (χ4v) is 3.15. The second-order valence-electron chi connectivity index (χ2n) is 5.16. The molecule has 0 saturated heterocycles. The summed E-state index contributed by atoms with van der Waals surface area (Å²) >= 11 is 1.56. The predicted octanol–water partition coefficient (Wildman–Crippen LogP) is 3.44. The number of anilines is 1. The molecule has 22 heavy (non-hydrogen) atoms. The van der Waals surface area contributed by atoms with E-state index in [0.717, 1.165) is 21.3 Å². The number of aryl methyl sites for hydroxylation is 2. The maximum Gasteiger partial charge on any atom is 0.235 e. The van der Waals surface area contributed by atoms with Crippen LogP contribution < -0.4 is 10.9 Å². The molecule has 3 aromatic rings. The fraction of sp³-hybridized carbons (Fsp3) is 0.188. The van der Waals surface area contributed by atoms with Crippen molar-refractivity contribution in [3.05, 3.63) is 41.0 Å². The van der Waals surface area contributed by atoms with Gasteiger partial charge < -0.3 is 0 Å². The minimum absolute atomic E-state index is 0.172. The van der Waals surface area contributed by atoms with Crippen molar-refractivity contribution in [3.8, 4) is 11.1 Å². The number of fused-ring (bicyclic) bond motifs is 1. The van der Waals surface area contributed by atoms with E-state index in [9.17, 15) is 4.79 Å². The Bertz CT molecular complexity index is 856. The van der Waals surface area contributed by atoms with Gasteiger partial charge in [-0.2, -0.15) is 0 Å². The molecule has 0 atom stereocenters. The summed E-state index contributed by atoms with van der Waals surface area (Å²) in [5.41, 5.74) is 10.1. The minimum atomic E-state index is -0.172. The van der Waals surface area contributed by atoms with E-state index in [-0.39, 0.29) is 5.91 Å². The Morgan fingerprint density at radius 1 is 1.18 bits per heavy atom. The van der Waals surface area contributed by atoms with Gasteiger partial charge in [0.1, 0.15) is 11.2 Å². The largest absolute Gasteiger partial charge is 0.281 e. The van der Waals surface area contributed by atoms with Gasteiger partial charge in [0, 0.05) is 17.9 Å². The number of hydrogen-bond acceptors (Lipinski definition) is 5. The zero-order valence-corrected chi connectivity index (χ0v) is 13.4. The molecule has 0 unspecified atom stereocenters. The van der Waals surface area contributed by atoms with Gasteiger partial charge in [0.2, 0.25) is 5.91 Å². The number of hydrogen-bond donors (Lipinski definition) is 2. The number of nitrogens with zero attached hydrogens (tertiary/aromatic N) is 2. The Kier molecular flexibility index (Phi) is 3.77. The zero-order chi connectivity index (χ0) is 15.7. The summed E-state index contributed by atoms with van der Waals surface area (Å²) in [5, 5.41) is 2.99. The Balaban J connectivity index is 2.13. The van der Waals surface area contributed by atoms with Crippen LogP contribution in [-0.4, -0.2) is 15.9 Å². The number of benzene rings is 1. The molecule has 0 saturated carbocycles. The van der Waals surface area contributed by atoms with Crippen molar-refractivity contribution in [2.24, 2.45) is 0 Å². The molecule has 0 aliphatic heterocycles. The molecular formula is C16H16N4OS. The van der Waals surface area contributed by atoms with Gasteiger partial charge in [0.25, 0.3) is 0 Å². The fourth-order valence-electron chi connectivity index (χ4n) is 2.24. The van der Waals surface area contributed by atoms with Crippen LogP contribution in [0.1, 0.15) is 18.1 Å². The highest BCUT2D eigenvalue weighted by atomic mass is 32.1. The summed E-state index contributed by atoms with van der Waals surface area (Å²) < 4.78 is 0.